The van der Waals surface area contributed by atoms with Gasteiger partial charge in [0.15, 0.2) is 0 Å². The van der Waals surface area contributed by atoms with Crippen LogP contribution in [-0.4, -0.2) is 16.6 Å². The number of anilines is 1. The molecule has 2 rings (SSSR count). The summed E-state index contributed by atoms with van der Waals surface area (Å²) in [5, 5.41) is 0. The molecule has 14 heavy (non-hydrogen) atoms. The molecular formula is C9H11N3OS. The van der Waals surface area contributed by atoms with Crippen molar-refractivity contribution in [3.05, 3.63) is 17.3 Å². The highest BCUT2D eigenvalue weighted by molar-refractivity contribution is 7.19. The third-order valence-corrected chi connectivity index (χ3v) is 2.95. The molecule has 0 radical (unpaired) electrons. The first-order valence-corrected chi connectivity index (χ1v) is 5.20. The number of nitrogen functional groups attached to an aromatic ring is 1. The zero-order valence-electron chi connectivity index (χ0n) is 7.86. The van der Waals surface area contributed by atoms with Crippen molar-refractivity contribution in [1.82, 2.24) is 9.97 Å². The van der Waals surface area contributed by atoms with Gasteiger partial charge in [-0.3, -0.25) is 0 Å². The van der Waals surface area contributed by atoms with E-state index >= 15 is 0 Å². The van der Waals surface area contributed by atoms with E-state index in [-0.39, 0.29) is 0 Å². The second kappa shape index (κ2) is 3.89. The highest BCUT2D eigenvalue weighted by atomic mass is 32.1. The van der Waals surface area contributed by atoms with Gasteiger partial charge in [0.1, 0.15) is 10.3 Å². The minimum atomic E-state index is 0.547. The molecule has 0 spiro atoms. The third-order valence-electron chi connectivity index (χ3n) is 1.88. The van der Waals surface area contributed by atoms with E-state index in [4.69, 9.17) is 10.5 Å². The van der Waals surface area contributed by atoms with Crippen LogP contribution < -0.4 is 5.73 Å². The molecule has 2 aromatic rings. The summed E-state index contributed by atoms with van der Waals surface area (Å²) in [6.07, 6.45) is 3.32. The van der Waals surface area contributed by atoms with Gasteiger partial charge < -0.3 is 10.5 Å². The Kier molecular flexibility index (Phi) is 2.60. The van der Waals surface area contributed by atoms with Crippen molar-refractivity contribution in [3.63, 3.8) is 0 Å². The molecule has 4 nitrogen and oxygen atoms in total. The van der Waals surface area contributed by atoms with E-state index in [2.05, 4.69) is 9.97 Å². The first-order valence-electron chi connectivity index (χ1n) is 4.38. The lowest BCUT2D eigenvalue weighted by molar-refractivity contribution is 0.137. The van der Waals surface area contributed by atoms with Crippen LogP contribution in [0, 0.1) is 0 Å². The van der Waals surface area contributed by atoms with Crippen molar-refractivity contribution in [2.24, 2.45) is 0 Å². The Morgan fingerprint density at radius 2 is 2.21 bits per heavy atom. The first kappa shape index (κ1) is 9.36. The number of nitrogens with two attached hydrogens (primary N) is 1. The van der Waals surface area contributed by atoms with Crippen LogP contribution in [0.5, 0.6) is 0 Å². The van der Waals surface area contributed by atoms with E-state index in [1.165, 1.54) is 0 Å². The molecule has 0 aromatic carbocycles. The van der Waals surface area contributed by atoms with Crippen LogP contribution in [-0.2, 0) is 11.3 Å². The van der Waals surface area contributed by atoms with Gasteiger partial charge in [0.25, 0.3) is 0 Å². The molecule has 2 aromatic heterocycles. The van der Waals surface area contributed by atoms with Crippen molar-refractivity contribution in [2.45, 2.75) is 13.5 Å². The topological polar surface area (TPSA) is 61.0 Å². The number of ether oxygens (including phenoxy) is 1. The SMILES string of the molecule is CCOCc1sc2nccnc2c1N. The maximum absolute atomic E-state index is 5.91. The van der Waals surface area contributed by atoms with Gasteiger partial charge in [-0.2, -0.15) is 0 Å². The smallest absolute Gasteiger partial charge is 0.144 e. The van der Waals surface area contributed by atoms with Gasteiger partial charge >= 0.3 is 0 Å². The minimum absolute atomic E-state index is 0.547. The van der Waals surface area contributed by atoms with Crippen LogP contribution in [0.4, 0.5) is 5.69 Å². The number of nitrogens with zero attached hydrogens (tertiary/aromatic N) is 2. The lowest BCUT2D eigenvalue weighted by atomic mass is 10.4. The number of thiophene rings is 1. The van der Waals surface area contributed by atoms with Crippen molar-refractivity contribution in [2.75, 3.05) is 12.3 Å². The summed E-state index contributed by atoms with van der Waals surface area (Å²) in [4.78, 5) is 10.3. The second-order valence-electron chi connectivity index (χ2n) is 2.79. The molecule has 0 amide bonds. The van der Waals surface area contributed by atoms with Crippen molar-refractivity contribution in [3.8, 4) is 0 Å². The molecule has 0 saturated heterocycles. The maximum Gasteiger partial charge on any atom is 0.144 e. The molecule has 2 N–H and O–H groups in total. The molecule has 0 unspecified atom stereocenters. The fourth-order valence-corrected chi connectivity index (χ4v) is 2.15. The lowest BCUT2D eigenvalue weighted by Crippen LogP contribution is -1.94. The van der Waals surface area contributed by atoms with Gasteiger partial charge in [-0.1, -0.05) is 0 Å². The van der Waals surface area contributed by atoms with Crippen LogP contribution >= 0.6 is 11.3 Å². The molecule has 0 saturated carbocycles. The average molecular weight is 209 g/mol. The van der Waals surface area contributed by atoms with Gasteiger partial charge in [-0.25, -0.2) is 9.97 Å². The lowest BCUT2D eigenvalue weighted by Gasteiger charge is -1.98. The predicted octanol–water partition coefficient (Wildman–Crippen LogP) is 1.81. The van der Waals surface area contributed by atoms with Crippen molar-refractivity contribution >= 4 is 27.4 Å². The van der Waals surface area contributed by atoms with Gasteiger partial charge in [-0.15, -0.1) is 11.3 Å². The van der Waals surface area contributed by atoms with Gasteiger partial charge in [0, 0.05) is 19.0 Å². The predicted molar refractivity (Wildman–Crippen MR) is 57.2 cm³/mol. The number of rotatable bonds is 3. The summed E-state index contributed by atoms with van der Waals surface area (Å²) in [7, 11) is 0. The van der Waals surface area contributed by atoms with Gasteiger partial charge in [0.05, 0.1) is 17.2 Å². The van der Waals surface area contributed by atoms with Gasteiger partial charge in [-0.05, 0) is 6.92 Å². The first-order chi connectivity index (χ1) is 6.83. The Labute approximate surface area is 85.7 Å². The fourth-order valence-electron chi connectivity index (χ4n) is 1.19. The summed E-state index contributed by atoms with van der Waals surface area (Å²) in [6.45, 7) is 3.19. The van der Waals surface area contributed by atoms with E-state index in [0.717, 1.165) is 15.2 Å². The van der Waals surface area contributed by atoms with Crippen LogP contribution in [0.2, 0.25) is 0 Å². The van der Waals surface area contributed by atoms with E-state index < -0.39 is 0 Å². The van der Waals surface area contributed by atoms with Crippen LogP contribution in [0.15, 0.2) is 12.4 Å². The molecule has 0 aliphatic rings. The Morgan fingerprint density at radius 3 is 2.93 bits per heavy atom. The van der Waals surface area contributed by atoms with Crippen molar-refractivity contribution in [1.29, 1.82) is 0 Å². The summed E-state index contributed by atoms with van der Waals surface area (Å²) in [6, 6.07) is 0. The molecule has 0 aliphatic heterocycles. The zero-order valence-corrected chi connectivity index (χ0v) is 8.67. The largest absolute Gasteiger partial charge is 0.396 e. The Bertz CT molecular complexity index is 441. The number of fused-ring (bicyclic) bond motifs is 1. The molecule has 74 valence electrons. The fraction of sp³-hybridized carbons (Fsp3) is 0.333. The van der Waals surface area contributed by atoms with E-state index in [1.54, 1.807) is 23.7 Å². The van der Waals surface area contributed by atoms with E-state index in [9.17, 15) is 0 Å². The van der Waals surface area contributed by atoms with E-state index in [1.807, 2.05) is 6.92 Å². The standard InChI is InChI=1S/C9H11N3OS/c1-2-13-5-6-7(10)8-9(14-6)12-4-3-11-8/h3-4H,2,5,10H2,1H3. The summed E-state index contributed by atoms with van der Waals surface area (Å²) in [5.74, 6) is 0. The van der Waals surface area contributed by atoms with Crippen LogP contribution in [0.1, 0.15) is 11.8 Å². The highest BCUT2D eigenvalue weighted by Gasteiger charge is 2.10. The third kappa shape index (κ3) is 1.56. The molecular weight excluding hydrogens is 198 g/mol. The Balaban J connectivity index is 2.41. The Hall–Kier alpha value is -1.20. The number of hydrogen-bond acceptors (Lipinski definition) is 5. The second-order valence-corrected chi connectivity index (χ2v) is 3.87. The molecule has 0 aliphatic carbocycles. The quantitative estimate of drug-likeness (QED) is 0.837. The molecule has 2 heterocycles. The molecule has 0 bridgehead atoms. The van der Waals surface area contributed by atoms with Crippen molar-refractivity contribution < 1.29 is 4.74 Å². The average Bonchev–Trinajstić information content (AvgIpc) is 2.54. The molecule has 0 atom stereocenters. The molecule has 0 fully saturated rings. The molecule has 5 heteroatoms. The maximum atomic E-state index is 5.91. The minimum Gasteiger partial charge on any atom is -0.396 e. The normalized spacial score (nSPS) is 10.9. The summed E-state index contributed by atoms with van der Waals surface area (Å²) in [5.41, 5.74) is 7.39. The van der Waals surface area contributed by atoms with Crippen LogP contribution in [0.25, 0.3) is 10.3 Å². The monoisotopic (exact) mass is 209 g/mol. The number of aromatic nitrogens is 2. The Morgan fingerprint density at radius 1 is 1.43 bits per heavy atom. The summed E-state index contributed by atoms with van der Waals surface area (Å²) < 4.78 is 5.30. The van der Waals surface area contributed by atoms with E-state index in [0.29, 0.717) is 18.9 Å². The number of hydrogen-bond donors (Lipinski definition) is 1. The zero-order chi connectivity index (χ0) is 9.97. The summed E-state index contributed by atoms with van der Waals surface area (Å²) >= 11 is 1.54. The highest BCUT2D eigenvalue weighted by Crippen LogP contribution is 2.30. The van der Waals surface area contributed by atoms with Crippen LogP contribution in [0.3, 0.4) is 0 Å². The van der Waals surface area contributed by atoms with Gasteiger partial charge in [0.2, 0.25) is 0 Å².